The summed E-state index contributed by atoms with van der Waals surface area (Å²) in [5.74, 6) is 0.265. The summed E-state index contributed by atoms with van der Waals surface area (Å²) in [5, 5.41) is 14.3. The summed E-state index contributed by atoms with van der Waals surface area (Å²) in [7, 11) is 0. The molecular formula is C11H22N2O2. The largest absolute Gasteiger partial charge is 0.356 e. The number of hydroxylamine groups is 2. The number of nitrogens with zero attached hydrogens (tertiary/aromatic N) is 1. The number of rotatable bonds is 2. The molecule has 0 aromatic carbocycles. The SMILES string of the molecule is CC(=O)NCC1CC(C)(C)N(O)C1(C)C. The highest BCUT2D eigenvalue weighted by molar-refractivity contribution is 5.72. The molecule has 0 saturated carbocycles. The zero-order valence-electron chi connectivity index (χ0n) is 10.3. The van der Waals surface area contributed by atoms with Crippen LogP contribution in [0.1, 0.15) is 41.0 Å². The predicted molar refractivity (Wildman–Crippen MR) is 58.6 cm³/mol. The van der Waals surface area contributed by atoms with E-state index in [2.05, 4.69) is 5.32 Å². The van der Waals surface area contributed by atoms with Crippen LogP contribution in [-0.4, -0.2) is 33.8 Å². The van der Waals surface area contributed by atoms with Crippen LogP contribution < -0.4 is 5.32 Å². The van der Waals surface area contributed by atoms with Gasteiger partial charge in [0.25, 0.3) is 0 Å². The van der Waals surface area contributed by atoms with Crippen molar-refractivity contribution in [1.82, 2.24) is 10.4 Å². The zero-order chi connectivity index (χ0) is 11.9. The molecular weight excluding hydrogens is 192 g/mol. The maximum atomic E-state index is 10.9. The first-order chi connectivity index (χ1) is 6.68. The summed E-state index contributed by atoms with van der Waals surface area (Å²) < 4.78 is 0. The molecule has 4 heteroatoms. The summed E-state index contributed by atoms with van der Waals surface area (Å²) in [6.07, 6.45) is 0.886. The molecule has 1 fully saturated rings. The van der Waals surface area contributed by atoms with E-state index in [1.807, 2.05) is 27.7 Å². The van der Waals surface area contributed by atoms with Crippen LogP contribution in [0.3, 0.4) is 0 Å². The Morgan fingerprint density at radius 1 is 1.47 bits per heavy atom. The quantitative estimate of drug-likeness (QED) is 0.730. The van der Waals surface area contributed by atoms with Crippen molar-refractivity contribution in [1.29, 1.82) is 0 Å². The van der Waals surface area contributed by atoms with Crippen molar-refractivity contribution in [2.45, 2.75) is 52.1 Å². The molecule has 1 atom stereocenters. The third-order valence-electron chi connectivity index (χ3n) is 3.46. The van der Waals surface area contributed by atoms with Crippen molar-refractivity contribution in [3.63, 3.8) is 0 Å². The van der Waals surface area contributed by atoms with Crippen LogP contribution >= 0.6 is 0 Å². The van der Waals surface area contributed by atoms with Gasteiger partial charge in [0.2, 0.25) is 5.91 Å². The van der Waals surface area contributed by atoms with Gasteiger partial charge in [0, 0.05) is 24.5 Å². The fourth-order valence-corrected chi connectivity index (χ4v) is 2.48. The zero-order valence-corrected chi connectivity index (χ0v) is 10.3. The number of carbonyl (C=O) groups is 1. The van der Waals surface area contributed by atoms with Gasteiger partial charge < -0.3 is 10.5 Å². The standard InChI is InChI=1S/C11H22N2O2/c1-8(14)12-7-9-6-10(2,3)13(15)11(9,4)5/h9,15H,6-7H2,1-5H3,(H,12,14). The van der Waals surface area contributed by atoms with Crippen molar-refractivity contribution >= 4 is 5.91 Å². The van der Waals surface area contributed by atoms with Gasteiger partial charge in [0.15, 0.2) is 0 Å². The highest BCUT2D eigenvalue weighted by Crippen LogP contribution is 2.42. The molecule has 1 saturated heterocycles. The van der Waals surface area contributed by atoms with E-state index in [9.17, 15) is 10.0 Å². The molecule has 1 unspecified atom stereocenters. The topological polar surface area (TPSA) is 52.6 Å². The molecule has 0 aromatic rings. The lowest BCUT2D eigenvalue weighted by Gasteiger charge is -2.36. The number of amides is 1. The van der Waals surface area contributed by atoms with Crippen molar-refractivity contribution in [3.05, 3.63) is 0 Å². The number of hydrogen-bond acceptors (Lipinski definition) is 3. The first-order valence-corrected chi connectivity index (χ1v) is 5.41. The first kappa shape index (κ1) is 12.5. The maximum Gasteiger partial charge on any atom is 0.216 e. The molecule has 0 bridgehead atoms. The normalized spacial score (nSPS) is 29.1. The second kappa shape index (κ2) is 3.76. The van der Waals surface area contributed by atoms with E-state index in [0.717, 1.165) is 6.42 Å². The Kier molecular flexibility index (Phi) is 3.12. The van der Waals surface area contributed by atoms with Crippen LogP contribution in [-0.2, 0) is 4.79 Å². The number of hydrogen-bond donors (Lipinski definition) is 2. The fourth-order valence-electron chi connectivity index (χ4n) is 2.48. The lowest BCUT2D eigenvalue weighted by atomic mass is 9.87. The minimum Gasteiger partial charge on any atom is -0.356 e. The van der Waals surface area contributed by atoms with Crippen LogP contribution in [0.25, 0.3) is 0 Å². The summed E-state index contributed by atoms with van der Waals surface area (Å²) >= 11 is 0. The Hall–Kier alpha value is -0.610. The van der Waals surface area contributed by atoms with Crippen LogP contribution in [0.4, 0.5) is 0 Å². The van der Waals surface area contributed by atoms with Crippen molar-refractivity contribution < 1.29 is 10.0 Å². The third kappa shape index (κ3) is 2.32. The predicted octanol–water partition coefficient (Wildman–Crippen LogP) is 1.39. The summed E-state index contributed by atoms with van der Waals surface area (Å²) in [6.45, 7) is 10.2. The van der Waals surface area contributed by atoms with E-state index < -0.39 is 0 Å². The van der Waals surface area contributed by atoms with Crippen molar-refractivity contribution in [3.8, 4) is 0 Å². The van der Waals surface area contributed by atoms with E-state index in [-0.39, 0.29) is 22.9 Å². The second-order valence-corrected chi connectivity index (χ2v) is 5.62. The summed E-state index contributed by atoms with van der Waals surface area (Å²) in [5.41, 5.74) is -0.501. The Labute approximate surface area is 91.6 Å². The summed E-state index contributed by atoms with van der Waals surface area (Å²) in [6, 6.07) is 0. The Morgan fingerprint density at radius 2 is 2.00 bits per heavy atom. The molecule has 88 valence electrons. The molecule has 15 heavy (non-hydrogen) atoms. The highest BCUT2D eigenvalue weighted by atomic mass is 16.5. The van der Waals surface area contributed by atoms with Gasteiger partial charge in [-0.25, -0.2) is 0 Å². The molecule has 0 radical (unpaired) electrons. The van der Waals surface area contributed by atoms with E-state index in [1.165, 1.54) is 12.0 Å². The number of carbonyl (C=O) groups excluding carboxylic acids is 1. The van der Waals surface area contributed by atoms with E-state index >= 15 is 0 Å². The average molecular weight is 214 g/mol. The minimum atomic E-state index is -0.286. The molecule has 1 aliphatic rings. The Morgan fingerprint density at radius 3 is 2.33 bits per heavy atom. The molecule has 1 heterocycles. The molecule has 1 amide bonds. The second-order valence-electron chi connectivity index (χ2n) is 5.62. The van der Waals surface area contributed by atoms with E-state index in [4.69, 9.17) is 0 Å². The van der Waals surface area contributed by atoms with Crippen molar-refractivity contribution in [2.75, 3.05) is 6.54 Å². The highest BCUT2D eigenvalue weighted by Gasteiger charge is 2.50. The van der Waals surface area contributed by atoms with Crippen LogP contribution in [0.5, 0.6) is 0 Å². The van der Waals surface area contributed by atoms with Crippen LogP contribution in [0.15, 0.2) is 0 Å². The lowest BCUT2D eigenvalue weighted by molar-refractivity contribution is -0.196. The van der Waals surface area contributed by atoms with Gasteiger partial charge in [-0.2, -0.15) is 5.06 Å². The van der Waals surface area contributed by atoms with Gasteiger partial charge in [-0.3, -0.25) is 4.79 Å². The van der Waals surface area contributed by atoms with Gasteiger partial charge in [0.1, 0.15) is 0 Å². The molecule has 1 aliphatic heterocycles. The molecule has 0 aliphatic carbocycles. The fraction of sp³-hybridized carbons (Fsp3) is 0.909. The van der Waals surface area contributed by atoms with Gasteiger partial charge in [-0.15, -0.1) is 0 Å². The molecule has 2 N–H and O–H groups in total. The van der Waals surface area contributed by atoms with Crippen LogP contribution in [0.2, 0.25) is 0 Å². The molecule has 1 rings (SSSR count). The van der Waals surface area contributed by atoms with Crippen LogP contribution in [0, 0.1) is 5.92 Å². The average Bonchev–Trinajstić information content (AvgIpc) is 2.23. The van der Waals surface area contributed by atoms with E-state index in [1.54, 1.807) is 0 Å². The maximum absolute atomic E-state index is 10.9. The third-order valence-corrected chi connectivity index (χ3v) is 3.46. The monoisotopic (exact) mass is 214 g/mol. The van der Waals surface area contributed by atoms with Crippen molar-refractivity contribution in [2.24, 2.45) is 5.92 Å². The Balaban J connectivity index is 2.71. The Bertz CT molecular complexity index is 261. The molecule has 0 aromatic heterocycles. The van der Waals surface area contributed by atoms with Gasteiger partial charge >= 0.3 is 0 Å². The smallest absolute Gasteiger partial charge is 0.216 e. The summed E-state index contributed by atoms with van der Waals surface area (Å²) in [4.78, 5) is 10.9. The minimum absolute atomic E-state index is 0.0139. The molecule has 4 nitrogen and oxygen atoms in total. The molecule has 0 spiro atoms. The lowest BCUT2D eigenvalue weighted by Crippen LogP contribution is -2.48. The number of nitrogens with one attached hydrogen (secondary N) is 1. The van der Waals surface area contributed by atoms with Gasteiger partial charge in [-0.1, -0.05) is 0 Å². The van der Waals surface area contributed by atoms with Gasteiger partial charge in [0.05, 0.1) is 0 Å². The first-order valence-electron chi connectivity index (χ1n) is 5.41. The van der Waals surface area contributed by atoms with Gasteiger partial charge in [-0.05, 0) is 40.0 Å². The van der Waals surface area contributed by atoms with E-state index in [0.29, 0.717) is 6.54 Å².